The van der Waals surface area contributed by atoms with Gasteiger partial charge in [-0.05, 0) is 49.2 Å². The van der Waals surface area contributed by atoms with Crippen molar-refractivity contribution in [1.29, 1.82) is 0 Å². The fourth-order valence-electron chi connectivity index (χ4n) is 2.27. The molecule has 0 heterocycles. The Kier molecular flexibility index (Phi) is 5.15. The number of benzene rings is 2. The Hall–Kier alpha value is -1.22. The first-order chi connectivity index (χ1) is 9.90. The van der Waals surface area contributed by atoms with Crippen LogP contribution in [-0.2, 0) is 0 Å². The number of hydrogen-bond acceptors (Lipinski definition) is 2. The number of nitrogens with zero attached hydrogens (tertiary/aromatic N) is 1. The zero-order valence-corrected chi connectivity index (χ0v) is 13.9. The second kappa shape index (κ2) is 6.69. The summed E-state index contributed by atoms with van der Waals surface area (Å²) in [5.41, 5.74) is 2.86. The van der Waals surface area contributed by atoms with Gasteiger partial charge in [-0.3, -0.25) is 0 Å². The molecule has 0 amide bonds. The standard InChI is InChI=1S/C17H19Cl2NO/c1-11(13-5-4-6-15(18)9-13)20(3)17-8-7-14(12(2)21)10-16(17)19/h4-12,21H,1-3H3/t11?,12-/m0/s1. The molecule has 0 aliphatic rings. The van der Waals surface area contributed by atoms with Gasteiger partial charge in [0.05, 0.1) is 22.9 Å². The van der Waals surface area contributed by atoms with Gasteiger partial charge in [-0.15, -0.1) is 0 Å². The molecule has 2 nitrogen and oxygen atoms in total. The first kappa shape index (κ1) is 16.2. The lowest BCUT2D eigenvalue weighted by Crippen LogP contribution is -2.22. The molecular formula is C17H19Cl2NO. The quantitative estimate of drug-likeness (QED) is 0.831. The van der Waals surface area contributed by atoms with Crippen LogP contribution in [0.3, 0.4) is 0 Å². The van der Waals surface area contributed by atoms with E-state index in [9.17, 15) is 5.11 Å². The molecule has 0 radical (unpaired) electrons. The Bertz CT molecular complexity index is 628. The molecule has 2 aromatic carbocycles. The van der Waals surface area contributed by atoms with E-state index < -0.39 is 6.10 Å². The van der Waals surface area contributed by atoms with Crippen LogP contribution in [0.2, 0.25) is 10.0 Å². The number of rotatable bonds is 4. The summed E-state index contributed by atoms with van der Waals surface area (Å²) in [4.78, 5) is 2.10. The van der Waals surface area contributed by atoms with E-state index in [1.54, 1.807) is 6.92 Å². The Morgan fingerprint density at radius 2 is 1.71 bits per heavy atom. The van der Waals surface area contributed by atoms with Gasteiger partial charge >= 0.3 is 0 Å². The molecule has 1 unspecified atom stereocenters. The third-order valence-corrected chi connectivity index (χ3v) is 4.28. The Balaban J connectivity index is 2.29. The zero-order chi connectivity index (χ0) is 15.6. The number of aliphatic hydroxyl groups excluding tert-OH is 1. The molecule has 0 saturated heterocycles. The van der Waals surface area contributed by atoms with Crippen molar-refractivity contribution in [2.75, 3.05) is 11.9 Å². The van der Waals surface area contributed by atoms with Crippen molar-refractivity contribution in [2.45, 2.75) is 26.0 Å². The molecule has 2 atom stereocenters. The molecule has 0 spiro atoms. The van der Waals surface area contributed by atoms with E-state index in [1.165, 1.54) is 0 Å². The monoisotopic (exact) mass is 323 g/mol. The molecule has 0 saturated carbocycles. The van der Waals surface area contributed by atoms with E-state index in [2.05, 4.69) is 11.8 Å². The molecule has 0 aromatic heterocycles. The van der Waals surface area contributed by atoms with Crippen molar-refractivity contribution in [3.63, 3.8) is 0 Å². The second-order valence-corrected chi connectivity index (χ2v) is 6.07. The lowest BCUT2D eigenvalue weighted by Gasteiger charge is -2.28. The molecule has 2 rings (SSSR count). The van der Waals surface area contributed by atoms with E-state index in [0.29, 0.717) is 5.02 Å². The maximum absolute atomic E-state index is 9.61. The highest BCUT2D eigenvalue weighted by atomic mass is 35.5. The summed E-state index contributed by atoms with van der Waals surface area (Å²) < 4.78 is 0. The number of halogens is 2. The fourth-order valence-corrected chi connectivity index (χ4v) is 2.79. The molecule has 112 valence electrons. The van der Waals surface area contributed by atoms with Crippen molar-refractivity contribution < 1.29 is 5.11 Å². The van der Waals surface area contributed by atoms with E-state index in [0.717, 1.165) is 21.8 Å². The van der Waals surface area contributed by atoms with Gasteiger partial charge in [-0.1, -0.05) is 41.4 Å². The molecule has 0 bridgehead atoms. The average molecular weight is 324 g/mol. The van der Waals surface area contributed by atoms with E-state index in [-0.39, 0.29) is 6.04 Å². The third-order valence-electron chi connectivity index (χ3n) is 3.75. The Labute approximate surface area is 135 Å². The molecule has 4 heteroatoms. The molecule has 1 N–H and O–H groups in total. The highest BCUT2D eigenvalue weighted by molar-refractivity contribution is 6.33. The van der Waals surface area contributed by atoms with Gasteiger partial charge in [0.1, 0.15) is 0 Å². The van der Waals surface area contributed by atoms with Crippen molar-refractivity contribution in [3.8, 4) is 0 Å². The van der Waals surface area contributed by atoms with Crippen LogP contribution < -0.4 is 4.90 Å². The van der Waals surface area contributed by atoms with Crippen LogP contribution in [-0.4, -0.2) is 12.2 Å². The van der Waals surface area contributed by atoms with Crippen LogP contribution in [0, 0.1) is 0 Å². The second-order valence-electron chi connectivity index (χ2n) is 5.23. The Morgan fingerprint density at radius 3 is 2.29 bits per heavy atom. The Morgan fingerprint density at radius 1 is 1.00 bits per heavy atom. The fraction of sp³-hybridized carbons (Fsp3) is 0.294. The molecular weight excluding hydrogens is 305 g/mol. The SMILES string of the molecule is CC(c1cccc(Cl)c1)N(C)c1ccc([C@H](C)O)cc1Cl. The van der Waals surface area contributed by atoms with E-state index in [1.807, 2.05) is 49.5 Å². The molecule has 0 aliphatic heterocycles. The zero-order valence-electron chi connectivity index (χ0n) is 12.3. The van der Waals surface area contributed by atoms with Gasteiger partial charge in [0.2, 0.25) is 0 Å². The van der Waals surface area contributed by atoms with Crippen LogP contribution in [0.1, 0.15) is 37.1 Å². The highest BCUT2D eigenvalue weighted by Gasteiger charge is 2.16. The summed E-state index contributed by atoms with van der Waals surface area (Å²) in [6.07, 6.45) is -0.521. The smallest absolute Gasteiger partial charge is 0.0762 e. The number of aliphatic hydroxyl groups is 1. The lowest BCUT2D eigenvalue weighted by atomic mass is 10.1. The first-order valence-electron chi connectivity index (χ1n) is 6.86. The summed E-state index contributed by atoms with van der Waals surface area (Å²) in [5.74, 6) is 0. The summed E-state index contributed by atoms with van der Waals surface area (Å²) in [6, 6.07) is 13.6. The summed E-state index contributed by atoms with van der Waals surface area (Å²) >= 11 is 12.4. The van der Waals surface area contributed by atoms with Crippen molar-refractivity contribution in [1.82, 2.24) is 0 Å². The first-order valence-corrected chi connectivity index (χ1v) is 7.61. The van der Waals surface area contributed by atoms with E-state index in [4.69, 9.17) is 23.2 Å². The normalized spacial score (nSPS) is 13.8. The minimum atomic E-state index is -0.521. The van der Waals surface area contributed by atoms with Gasteiger partial charge in [0, 0.05) is 12.1 Å². The van der Waals surface area contributed by atoms with Crippen molar-refractivity contribution in [3.05, 3.63) is 63.6 Å². The van der Waals surface area contributed by atoms with Crippen LogP contribution in [0.5, 0.6) is 0 Å². The maximum atomic E-state index is 9.61. The predicted octanol–water partition coefficient (Wildman–Crippen LogP) is 5.24. The predicted molar refractivity (Wildman–Crippen MR) is 90.4 cm³/mol. The van der Waals surface area contributed by atoms with E-state index >= 15 is 0 Å². The van der Waals surface area contributed by atoms with Gasteiger partial charge in [-0.2, -0.15) is 0 Å². The number of anilines is 1. The van der Waals surface area contributed by atoms with Crippen LogP contribution in [0.15, 0.2) is 42.5 Å². The van der Waals surface area contributed by atoms with Gasteiger partial charge < -0.3 is 10.0 Å². The summed E-state index contributed by atoms with van der Waals surface area (Å²) in [7, 11) is 1.99. The van der Waals surface area contributed by atoms with Gasteiger partial charge in [0.25, 0.3) is 0 Å². The van der Waals surface area contributed by atoms with Gasteiger partial charge in [-0.25, -0.2) is 0 Å². The van der Waals surface area contributed by atoms with Crippen molar-refractivity contribution in [2.24, 2.45) is 0 Å². The van der Waals surface area contributed by atoms with Crippen LogP contribution in [0.4, 0.5) is 5.69 Å². The van der Waals surface area contributed by atoms with Crippen LogP contribution >= 0.6 is 23.2 Å². The number of hydrogen-bond donors (Lipinski definition) is 1. The molecule has 0 aliphatic carbocycles. The molecule has 2 aromatic rings. The average Bonchev–Trinajstić information content (AvgIpc) is 2.45. The largest absolute Gasteiger partial charge is 0.389 e. The molecule has 21 heavy (non-hydrogen) atoms. The third kappa shape index (κ3) is 3.70. The molecule has 0 fully saturated rings. The highest BCUT2D eigenvalue weighted by Crippen LogP contribution is 2.33. The topological polar surface area (TPSA) is 23.5 Å². The summed E-state index contributed by atoms with van der Waals surface area (Å²) in [5, 5.41) is 11.0. The van der Waals surface area contributed by atoms with Crippen molar-refractivity contribution >= 4 is 28.9 Å². The van der Waals surface area contributed by atoms with Crippen LogP contribution in [0.25, 0.3) is 0 Å². The van der Waals surface area contributed by atoms with Gasteiger partial charge in [0.15, 0.2) is 0 Å². The summed E-state index contributed by atoms with van der Waals surface area (Å²) in [6.45, 7) is 3.83. The lowest BCUT2D eigenvalue weighted by molar-refractivity contribution is 0.199. The minimum Gasteiger partial charge on any atom is -0.389 e. The maximum Gasteiger partial charge on any atom is 0.0762 e. The minimum absolute atomic E-state index is 0.138.